The van der Waals surface area contributed by atoms with Crippen LogP contribution >= 0.6 is 0 Å². The third-order valence-corrected chi connectivity index (χ3v) is 2.84. The predicted molar refractivity (Wildman–Crippen MR) is 71.1 cm³/mol. The molecule has 2 aromatic rings. The number of H-pyrrole nitrogens is 1. The molecule has 0 saturated heterocycles. The second-order valence-electron chi connectivity index (χ2n) is 4.18. The topological polar surface area (TPSA) is 96.7 Å². The van der Waals surface area contributed by atoms with Gasteiger partial charge in [0.15, 0.2) is 0 Å². The summed E-state index contributed by atoms with van der Waals surface area (Å²) in [5, 5.41) is 9.35. The van der Waals surface area contributed by atoms with Crippen molar-refractivity contribution in [2.75, 3.05) is 6.54 Å². The van der Waals surface area contributed by atoms with E-state index in [4.69, 9.17) is 5.73 Å². The average molecular weight is 259 g/mol. The Morgan fingerprint density at radius 3 is 2.79 bits per heavy atom. The van der Waals surface area contributed by atoms with Crippen LogP contribution in [0.15, 0.2) is 30.6 Å². The van der Waals surface area contributed by atoms with E-state index in [0.29, 0.717) is 25.9 Å². The van der Waals surface area contributed by atoms with Crippen molar-refractivity contribution >= 4 is 5.91 Å². The molecular weight excluding hydrogens is 242 g/mol. The first-order chi connectivity index (χ1) is 9.29. The van der Waals surface area contributed by atoms with Crippen LogP contribution in [0.2, 0.25) is 0 Å². The van der Waals surface area contributed by atoms with Crippen molar-refractivity contribution in [1.29, 1.82) is 0 Å². The van der Waals surface area contributed by atoms with Gasteiger partial charge in [0.05, 0.1) is 6.42 Å². The Morgan fingerprint density at radius 1 is 1.32 bits per heavy atom. The maximum atomic E-state index is 11.8. The second kappa shape index (κ2) is 6.65. The van der Waals surface area contributed by atoms with Crippen molar-refractivity contribution in [3.63, 3.8) is 0 Å². The number of aromatic amines is 1. The van der Waals surface area contributed by atoms with E-state index in [1.54, 1.807) is 0 Å². The maximum absolute atomic E-state index is 11.8. The monoisotopic (exact) mass is 259 g/mol. The summed E-state index contributed by atoms with van der Waals surface area (Å²) in [5.74, 6) is 0.753. The lowest BCUT2D eigenvalue weighted by Crippen LogP contribution is -2.28. The SMILES string of the molecule is NCc1ccccc1CC(=O)NCCc1ncn[nH]1. The van der Waals surface area contributed by atoms with Crippen molar-refractivity contribution in [2.45, 2.75) is 19.4 Å². The lowest BCUT2D eigenvalue weighted by molar-refractivity contribution is -0.120. The van der Waals surface area contributed by atoms with Gasteiger partial charge in [-0.05, 0) is 11.1 Å². The first-order valence-corrected chi connectivity index (χ1v) is 6.17. The average Bonchev–Trinajstić information content (AvgIpc) is 2.92. The van der Waals surface area contributed by atoms with Crippen molar-refractivity contribution in [1.82, 2.24) is 20.5 Å². The van der Waals surface area contributed by atoms with Gasteiger partial charge in [-0.25, -0.2) is 4.98 Å². The second-order valence-corrected chi connectivity index (χ2v) is 4.18. The molecule has 1 amide bonds. The van der Waals surface area contributed by atoms with Crippen LogP contribution in [0.4, 0.5) is 0 Å². The summed E-state index contributed by atoms with van der Waals surface area (Å²) >= 11 is 0. The third kappa shape index (κ3) is 3.89. The highest BCUT2D eigenvalue weighted by molar-refractivity contribution is 5.78. The number of aromatic nitrogens is 3. The number of hydrogen-bond acceptors (Lipinski definition) is 4. The first kappa shape index (κ1) is 13.2. The zero-order valence-electron chi connectivity index (χ0n) is 10.6. The summed E-state index contributed by atoms with van der Waals surface area (Å²) in [4.78, 5) is 15.8. The number of carbonyl (C=O) groups excluding carboxylic acids is 1. The van der Waals surface area contributed by atoms with Crippen LogP contribution in [-0.2, 0) is 24.2 Å². The number of nitrogens with one attached hydrogen (secondary N) is 2. The number of carbonyl (C=O) groups is 1. The van der Waals surface area contributed by atoms with Crippen molar-refractivity contribution in [2.24, 2.45) is 5.73 Å². The molecule has 19 heavy (non-hydrogen) atoms. The van der Waals surface area contributed by atoms with E-state index in [2.05, 4.69) is 20.5 Å². The highest BCUT2D eigenvalue weighted by Gasteiger charge is 2.06. The van der Waals surface area contributed by atoms with Gasteiger partial charge < -0.3 is 11.1 Å². The third-order valence-electron chi connectivity index (χ3n) is 2.84. The molecule has 1 heterocycles. The standard InChI is InChI=1S/C13H17N5O/c14-8-11-4-2-1-3-10(11)7-13(19)15-6-5-12-16-9-17-18-12/h1-4,9H,5-8,14H2,(H,15,19)(H,16,17,18). The van der Waals surface area contributed by atoms with Crippen LogP contribution in [-0.4, -0.2) is 27.6 Å². The highest BCUT2D eigenvalue weighted by atomic mass is 16.1. The number of hydrogen-bond donors (Lipinski definition) is 3. The number of rotatable bonds is 6. The summed E-state index contributed by atoms with van der Waals surface area (Å²) in [6, 6.07) is 7.71. The minimum atomic E-state index is -0.0135. The first-order valence-electron chi connectivity index (χ1n) is 6.17. The molecule has 6 nitrogen and oxygen atoms in total. The molecule has 0 unspecified atom stereocenters. The van der Waals surface area contributed by atoms with Gasteiger partial charge in [-0.15, -0.1) is 0 Å². The van der Waals surface area contributed by atoms with Crippen LogP contribution < -0.4 is 11.1 Å². The Kier molecular flexibility index (Phi) is 4.63. The summed E-state index contributed by atoms with van der Waals surface area (Å²) in [6.07, 6.45) is 2.45. The highest BCUT2D eigenvalue weighted by Crippen LogP contribution is 2.08. The van der Waals surface area contributed by atoms with Crippen LogP contribution in [0.3, 0.4) is 0 Å². The van der Waals surface area contributed by atoms with Crippen molar-refractivity contribution in [3.8, 4) is 0 Å². The van der Waals surface area contributed by atoms with Crippen LogP contribution in [0.25, 0.3) is 0 Å². The molecule has 0 atom stereocenters. The van der Waals surface area contributed by atoms with E-state index >= 15 is 0 Å². The number of benzene rings is 1. The maximum Gasteiger partial charge on any atom is 0.224 e. The van der Waals surface area contributed by atoms with E-state index in [1.165, 1.54) is 6.33 Å². The molecule has 0 bridgehead atoms. The normalized spacial score (nSPS) is 10.4. The van der Waals surface area contributed by atoms with E-state index in [-0.39, 0.29) is 5.91 Å². The Labute approximate surface area is 111 Å². The minimum Gasteiger partial charge on any atom is -0.355 e. The summed E-state index contributed by atoms with van der Waals surface area (Å²) < 4.78 is 0. The fourth-order valence-corrected chi connectivity index (χ4v) is 1.84. The van der Waals surface area contributed by atoms with Gasteiger partial charge in [0, 0.05) is 19.5 Å². The lowest BCUT2D eigenvalue weighted by atomic mass is 10.0. The predicted octanol–water partition coefficient (Wildman–Crippen LogP) is 0.165. The summed E-state index contributed by atoms with van der Waals surface area (Å²) in [6.45, 7) is 0.986. The Bertz CT molecular complexity index is 524. The van der Waals surface area contributed by atoms with Gasteiger partial charge in [-0.3, -0.25) is 9.89 Å². The molecule has 1 aromatic carbocycles. The number of nitrogens with two attached hydrogens (primary N) is 1. The fourth-order valence-electron chi connectivity index (χ4n) is 1.84. The van der Waals surface area contributed by atoms with Crippen LogP contribution in [0.1, 0.15) is 17.0 Å². The van der Waals surface area contributed by atoms with Gasteiger partial charge in [0.2, 0.25) is 5.91 Å². The Balaban J connectivity index is 1.80. The van der Waals surface area contributed by atoms with Gasteiger partial charge in [0.1, 0.15) is 12.2 Å². The zero-order valence-corrected chi connectivity index (χ0v) is 10.6. The molecule has 0 radical (unpaired) electrons. The molecule has 6 heteroatoms. The molecule has 2 rings (SSSR count). The Hall–Kier alpha value is -2.21. The molecular formula is C13H17N5O. The molecule has 1 aromatic heterocycles. The van der Waals surface area contributed by atoms with E-state index in [9.17, 15) is 4.79 Å². The van der Waals surface area contributed by atoms with E-state index in [1.807, 2.05) is 24.3 Å². The summed E-state index contributed by atoms with van der Waals surface area (Å²) in [7, 11) is 0. The zero-order chi connectivity index (χ0) is 13.5. The van der Waals surface area contributed by atoms with Gasteiger partial charge >= 0.3 is 0 Å². The molecule has 0 fully saturated rings. The largest absolute Gasteiger partial charge is 0.355 e. The molecule has 4 N–H and O–H groups in total. The minimum absolute atomic E-state index is 0.0135. The van der Waals surface area contributed by atoms with E-state index < -0.39 is 0 Å². The van der Waals surface area contributed by atoms with Crippen molar-refractivity contribution in [3.05, 3.63) is 47.5 Å². The lowest BCUT2D eigenvalue weighted by Gasteiger charge is -2.08. The van der Waals surface area contributed by atoms with Crippen LogP contribution in [0, 0.1) is 0 Å². The van der Waals surface area contributed by atoms with Crippen LogP contribution in [0.5, 0.6) is 0 Å². The van der Waals surface area contributed by atoms with Crippen molar-refractivity contribution < 1.29 is 4.79 Å². The number of nitrogens with zero attached hydrogens (tertiary/aromatic N) is 2. The molecule has 0 aliphatic heterocycles. The fraction of sp³-hybridized carbons (Fsp3) is 0.308. The van der Waals surface area contributed by atoms with Gasteiger partial charge in [0.25, 0.3) is 0 Å². The molecule has 0 spiro atoms. The smallest absolute Gasteiger partial charge is 0.224 e. The molecule has 100 valence electrons. The molecule has 0 saturated carbocycles. The van der Waals surface area contributed by atoms with E-state index in [0.717, 1.165) is 17.0 Å². The quantitative estimate of drug-likeness (QED) is 0.688. The molecule has 0 aliphatic carbocycles. The number of amides is 1. The summed E-state index contributed by atoms with van der Waals surface area (Å²) in [5.41, 5.74) is 7.62. The van der Waals surface area contributed by atoms with Gasteiger partial charge in [-0.1, -0.05) is 24.3 Å². The Morgan fingerprint density at radius 2 is 2.11 bits per heavy atom. The molecule has 0 aliphatic rings. The van der Waals surface area contributed by atoms with Gasteiger partial charge in [-0.2, -0.15) is 5.10 Å².